The van der Waals surface area contributed by atoms with Crippen molar-refractivity contribution in [2.75, 3.05) is 18.0 Å². The second-order valence-corrected chi connectivity index (χ2v) is 9.98. The highest BCUT2D eigenvalue weighted by Crippen LogP contribution is 2.60. The molecule has 154 valence electrons. The van der Waals surface area contributed by atoms with Crippen LogP contribution in [0.3, 0.4) is 0 Å². The Balaban J connectivity index is 1.17. The van der Waals surface area contributed by atoms with Gasteiger partial charge in [-0.25, -0.2) is 9.97 Å². The van der Waals surface area contributed by atoms with E-state index in [1.807, 2.05) is 17.2 Å². The summed E-state index contributed by atoms with van der Waals surface area (Å²) in [5.74, 6) is 2.43. The average molecular weight is 395 g/mol. The van der Waals surface area contributed by atoms with E-state index in [1.54, 1.807) is 6.33 Å². The number of tetrazole rings is 1. The predicted molar refractivity (Wildman–Crippen MR) is 108 cm³/mol. The maximum Gasteiger partial charge on any atom is 0.225 e. The zero-order valence-corrected chi connectivity index (χ0v) is 17.0. The van der Waals surface area contributed by atoms with E-state index in [1.165, 1.54) is 56.9 Å². The number of nitrogens with zero attached hydrogens (tertiary/aromatic N) is 7. The molecule has 3 heterocycles. The summed E-state index contributed by atoms with van der Waals surface area (Å²) < 4.78 is 0. The van der Waals surface area contributed by atoms with Crippen molar-refractivity contribution in [1.82, 2.24) is 35.5 Å². The molecule has 1 aliphatic heterocycles. The SMILES string of the molecule is c1nnn(C23CC4CC(CC(NCc5cnc(N6CCCCC6)nc5)(C4)C2)C3)n1. The third-order valence-electron chi connectivity index (χ3n) is 7.80. The Labute approximate surface area is 171 Å². The molecule has 2 unspecified atom stereocenters. The molecule has 4 saturated carbocycles. The maximum atomic E-state index is 4.66. The number of anilines is 1. The summed E-state index contributed by atoms with van der Waals surface area (Å²) in [6.07, 6.45) is 16.9. The Bertz CT molecular complexity index is 828. The molecule has 2 atom stereocenters. The first-order valence-corrected chi connectivity index (χ1v) is 11.3. The highest BCUT2D eigenvalue weighted by molar-refractivity contribution is 5.30. The van der Waals surface area contributed by atoms with Crippen molar-refractivity contribution in [1.29, 1.82) is 0 Å². The molecule has 5 fully saturated rings. The summed E-state index contributed by atoms with van der Waals surface area (Å²) in [7, 11) is 0. The zero-order valence-electron chi connectivity index (χ0n) is 17.0. The second kappa shape index (κ2) is 6.72. The fourth-order valence-electron chi connectivity index (χ4n) is 7.03. The van der Waals surface area contributed by atoms with E-state index < -0.39 is 0 Å². The monoisotopic (exact) mass is 394 g/mol. The molecule has 4 bridgehead atoms. The molecule has 29 heavy (non-hydrogen) atoms. The summed E-state index contributed by atoms with van der Waals surface area (Å²) in [4.78, 5) is 13.6. The van der Waals surface area contributed by atoms with E-state index in [2.05, 4.69) is 35.6 Å². The van der Waals surface area contributed by atoms with E-state index in [4.69, 9.17) is 0 Å². The van der Waals surface area contributed by atoms with E-state index in [-0.39, 0.29) is 11.1 Å². The van der Waals surface area contributed by atoms with Crippen molar-refractivity contribution >= 4 is 5.95 Å². The standard InChI is InChI=1S/C21H30N8/c1-2-4-28(5-3-1)19-22-11-18(12-23-19)13-24-20-7-16-6-17(8-20)10-21(9-16,14-20)29-26-15-25-27-29/h11-12,15-17,24H,1-10,13-14H2. The van der Waals surface area contributed by atoms with Gasteiger partial charge in [0.1, 0.15) is 0 Å². The van der Waals surface area contributed by atoms with E-state index in [0.717, 1.165) is 43.8 Å². The highest BCUT2D eigenvalue weighted by Gasteiger charge is 2.59. The minimum atomic E-state index is 0.0577. The van der Waals surface area contributed by atoms with Crippen molar-refractivity contribution < 1.29 is 0 Å². The highest BCUT2D eigenvalue weighted by atomic mass is 15.6. The van der Waals surface area contributed by atoms with Gasteiger partial charge in [0, 0.05) is 43.1 Å². The van der Waals surface area contributed by atoms with Gasteiger partial charge in [0.15, 0.2) is 6.33 Å². The van der Waals surface area contributed by atoms with Crippen LogP contribution in [0.2, 0.25) is 0 Å². The van der Waals surface area contributed by atoms with Crippen LogP contribution in [0.25, 0.3) is 0 Å². The van der Waals surface area contributed by atoms with Crippen LogP contribution in [-0.2, 0) is 12.1 Å². The Kier molecular flexibility index (Phi) is 4.11. The summed E-state index contributed by atoms with van der Waals surface area (Å²) in [5, 5.41) is 16.7. The van der Waals surface area contributed by atoms with Gasteiger partial charge < -0.3 is 10.2 Å². The van der Waals surface area contributed by atoms with Crippen LogP contribution in [0.15, 0.2) is 18.7 Å². The number of hydrogen-bond acceptors (Lipinski definition) is 7. The van der Waals surface area contributed by atoms with Gasteiger partial charge in [-0.05, 0) is 74.8 Å². The van der Waals surface area contributed by atoms with Crippen molar-refractivity contribution in [3.63, 3.8) is 0 Å². The fourth-order valence-corrected chi connectivity index (χ4v) is 7.03. The van der Waals surface area contributed by atoms with Gasteiger partial charge in [0.25, 0.3) is 0 Å². The van der Waals surface area contributed by atoms with Crippen molar-refractivity contribution in [2.45, 2.75) is 75.4 Å². The molecule has 0 radical (unpaired) electrons. The number of nitrogens with one attached hydrogen (secondary N) is 1. The summed E-state index contributed by atoms with van der Waals surface area (Å²) in [6.45, 7) is 3.00. The molecule has 2 aromatic heterocycles. The summed E-state index contributed by atoms with van der Waals surface area (Å²) in [5.41, 5.74) is 1.42. The van der Waals surface area contributed by atoms with Crippen LogP contribution in [-0.4, -0.2) is 48.8 Å². The molecule has 0 amide bonds. The molecule has 1 saturated heterocycles. The third kappa shape index (κ3) is 3.12. The van der Waals surface area contributed by atoms with E-state index in [0.29, 0.717) is 0 Å². The van der Waals surface area contributed by atoms with Gasteiger partial charge >= 0.3 is 0 Å². The molecule has 0 spiro atoms. The minimum absolute atomic E-state index is 0.0577. The molecule has 1 N–H and O–H groups in total. The van der Waals surface area contributed by atoms with Crippen LogP contribution in [0.5, 0.6) is 0 Å². The lowest BCUT2D eigenvalue weighted by atomic mass is 9.50. The normalized spacial score (nSPS) is 35.9. The lowest BCUT2D eigenvalue weighted by Gasteiger charge is -2.61. The smallest absolute Gasteiger partial charge is 0.225 e. The minimum Gasteiger partial charge on any atom is -0.341 e. The molecule has 5 aliphatic rings. The van der Waals surface area contributed by atoms with Gasteiger partial charge in [0.05, 0.1) is 5.54 Å². The van der Waals surface area contributed by atoms with E-state index in [9.17, 15) is 0 Å². The fraction of sp³-hybridized carbons (Fsp3) is 0.762. The molecule has 2 aromatic rings. The summed E-state index contributed by atoms with van der Waals surface area (Å²) in [6, 6.07) is 0. The average Bonchev–Trinajstić information content (AvgIpc) is 3.29. The Hall–Kier alpha value is -2.09. The molecule has 0 aromatic carbocycles. The molecular weight excluding hydrogens is 364 g/mol. The van der Waals surface area contributed by atoms with Crippen LogP contribution < -0.4 is 10.2 Å². The van der Waals surface area contributed by atoms with Crippen molar-refractivity contribution in [2.24, 2.45) is 11.8 Å². The Morgan fingerprint density at radius 1 is 1.00 bits per heavy atom. The van der Waals surface area contributed by atoms with Crippen molar-refractivity contribution in [3.8, 4) is 0 Å². The Morgan fingerprint density at radius 2 is 1.76 bits per heavy atom. The molecule has 8 nitrogen and oxygen atoms in total. The Morgan fingerprint density at radius 3 is 2.45 bits per heavy atom. The molecular formula is C21H30N8. The second-order valence-electron chi connectivity index (χ2n) is 9.98. The third-order valence-corrected chi connectivity index (χ3v) is 7.80. The first-order chi connectivity index (χ1) is 14.2. The predicted octanol–water partition coefficient (Wildman–Crippen LogP) is 2.29. The van der Waals surface area contributed by atoms with Gasteiger partial charge in [-0.15, -0.1) is 10.2 Å². The lowest BCUT2D eigenvalue weighted by Crippen LogP contribution is -2.65. The largest absolute Gasteiger partial charge is 0.341 e. The number of aromatic nitrogens is 6. The molecule has 8 heteroatoms. The first kappa shape index (κ1) is 17.7. The van der Waals surface area contributed by atoms with Gasteiger partial charge in [0.2, 0.25) is 5.95 Å². The van der Waals surface area contributed by atoms with Gasteiger partial charge in [-0.2, -0.15) is 4.80 Å². The lowest BCUT2D eigenvalue weighted by molar-refractivity contribution is -0.0854. The first-order valence-electron chi connectivity index (χ1n) is 11.3. The van der Waals surface area contributed by atoms with E-state index >= 15 is 0 Å². The van der Waals surface area contributed by atoms with Crippen LogP contribution in [0, 0.1) is 11.8 Å². The van der Waals surface area contributed by atoms with Gasteiger partial charge in [-0.1, -0.05) is 0 Å². The van der Waals surface area contributed by atoms with Crippen LogP contribution in [0.1, 0.15) is 63.4 Å². The molecule has 7 rings (SSSR count). The maximum absolute atomic E-state index is 4.66. The van der Waals surface area contributed by atoms with Crippen molar-refractivity contribution in [3.05, 3.63) is 24.3 Å². The number of hydrogen-bond donors (Lipinski definition) is 1. The zero-order chi connectivity index (χ0) is 19.3. The summed E-state index contributed by atoms with van der Waals surface area (Å²) >= 11 is 0. The number of piperidine rings is 1. The quantitative estimate of drug-likeness (QED) is 0.833. The van der Waals surface area contributed by atoms with Crippen LogP contribution in [0.4, 0.5) is 5.95 Å². The van der Waals surface area contributed by atoms with Gasteiger partial charge in [-0.3, -0.25) is 0 Å². The van der Waals surface area contributed by atoms with Crippen LogP contribution >= 0.6 is 0 Å². The molecule has 4 aliphatic carbocycles. The topological polar surface area (TPSA) is 84.7 Å². The number of rotatable bonds is 5.